The molecule has 0 aliphatic rings. The first-order chi connectivity index (χ1) is 8.46. The van der Waals surface area contributed by atoms with Gasteiger partial charge in [-0.15, -0.1) is 0 Å². The average Bonchev–Trinajstić information content (AvgIpc) is 2.60. The van der Waals surface area contributed by atoms with E-state index in [0.29, 0.717) is 17.8 Å². The number of nitrogens with one attached hydrogen (secondary N) is 3. The van der Waals surface area contributed by atoms with Gasteiger partial charge >= 0.3 is 0 Å². The van der Waals surface area contributed by atoms with Crippen molar-refractivity contribution >= 4 is 15.7 Å². The topological polar surface area (TPSA) is 86.9 Å². The Morgan fingerprint density at radius 3 is 2.56 bits per heavy atom. The molecule has 0 unspecified atom stereocenters. The molecular weight excluding hydrogens is 252 g/mol. The van der Waals surface area contributed by atoms with Crippen molar-refractivity contribution in [2.45, 2.75) is 33.6 Å². The largest absolute Gasteiger partial charge is 0.317 e. The minimum Gasteiger partial charge on any atom is -0.317 e. The molecule has 1 heterocycles. The van der Waals surface area contributed by atoms with Crippen LogP contribution in [0, 0.1) is 13.8 Å². The van der Waals surface area contributed by atoms with Gasteiger partial charge in [-0.25, -0.2) is 8.42 Å². The molecule has 0 fully saturated rings. The number of aryl methyl sites for hydroxylation is 2. The third-order valence-corrected chi connectivity index (χ3v) is 3.99. The predicted octanol–water partition coefficient (Wildman–Crippen LogP) is 1.16. The van der Waals surface area contributed by atoms with Crippen LogP contribution in [-0.2, 0) is 10.0 Å². The second-order valence-electron chi connectivity index (χ2n) is 4.29. The molecule has 0 aliphatic carbocycles. The van der Waals surface area contributed by atoms with Crippen LogP contribution in [0.4, 0.5) is 5.69 Å². The summed E-state index contributed by atoms with van der Waals surface area (Å²) in [5.74, 6) is 0.141. The van der Waals surface area contributed by atoms with Crippen LogP contribution in [0.15, 0.2) is 0 Å². The summed E-state index contributed by atoms with van der Waals surface area (Å²) in [6.45, 7) is 7.37. The summed E-state index contributed by atoms with van der Waals surface area (Å²) < 4.78 is 26.3. The van der Waals surface area contributed by atoms with Gasteiger partial charge in [0.05, 0.1) is 22.8 Å². The van der Waals surface area contributed by atoms with Crippen molar-refractivity contribution in [3.05, 3.63) is 11.4 Å². The number of aromatic amines is 1. The van der Waals surface area contributed by atoms with Crippen molar-refractivity contribution < 1.29 is 8.42 Å². The molecular formula is C11H22N4O2S. The highest BCUT2D eigenvalue weighted by Crippen LogP contribution is 2.17. The van der Waals surface area contributed by atoms with Crippen molar-refractivity contribution in [2.24, 2.45) is 0 Å². The SMILES string of the molecule is CCNCCCCS(=O)(=O)Nc1c(C)n[nH]c1C. The van der Waals surface area contributed by atoms with E-state index >= 15 is 0 Å². The van der Waals surface area contributed by atoms with Gasteiger partial charge in [-0.2, -0.15) is 5.10 Å². The first-order valence-corrected chi connectivity index (χ1v) is 7.84. The van der Waals surface area contributed by atoms with Crippen molar-refractivity contribution in [3.8, 4) is 0 Å². The van der Waals surface area contributed by atoms with Gasteiger partial charge in [0.2, 0.25) is 10.0 Å². The van der Waals surface area contributed by atoms with Crippen LogP contribution in [0.1, 0.15) is 31.2 Å². The number of rotatable bonds is 8. The number of H-pyrrole nitrogens is 1. The molecule has 7 heteroatoms. The van der Waals surface area contributed by atoms with Crippen LogP contribution >= 0.6 is 0 Å². The monoisotopic (exact) mass is 274 g/mol. The quantitative estimate of drug-likeness (QED) is 0.621. The molecule has 18 heavy (non-hydrogen) atoms. The normalized spacial score (nSPS) is 11.7. The lowest BCUT2D eigenvalue weighted by Crippen LogP contribution is -2.19. The van der Waals surface area contributed by atoms with Crippen molar-refractivity contribution in [2.75, 3.05) is 23.6 Å². The van der Waals surface area contributed by atoms with E-state index in [1.54, 1.807) is 13.8 Å². The van der Waals surface area contributed by atoms with Crippen molar-refractivity contribution in [3.63, 3.8) is 0 Å². The molecule has 0 radical (unpaired) electrons. The summed E-state index contributed by atoms with van der Waals surface area (Å²) >= 11 is 0. The molecule has 0 spiro atoms. The number of unbranched alkanes of at least 4 members (excludes halogenated alkanes) is 1. The Morgan fingerprint density at radius 2 is 2.00 bits per heavy atom. The zero-order chi connectivity index (χ0) is 13.6. The van der Waals surface area contributed by atoms with Gasteiger partial charge < -0.3 is 5.32 Å². The molecule has 0 saturated carbocycles. The second kappa shape index (κ2) is 6.75. The molecule has 1 rings (SSSR count). The molecule has 104 valence electrons. The van der Waals surface area contributed by atoms with Gasteiger partial charge in [0, 0.05) is 0 Å². The summed E-state index contributed by atoms with van der Waals surface area (Å²) in [7, 11) is -3.27. The predicted molar refractivity (Wildman–Crippen MR) is 73.2 cm³/mol. The molecule has 1 aromatic heterocycles. The lowest BCUT2D eigenvalue weighted by molar-refractivity contribution is 0.593. The Labute approximate surface area is 109 Å². The summed E-state index contributed by atoms with van der Waals surface area (Å²) in [6, 6.07) is 0. The van der Waals surface area contributed by atoms with Crippen molar-refractivity contribution in [1.29, 1.82) is 0 Å². The fraction of sp³-hybridized carbons (Fsp3) is 0.727. The van der Waals surface area contributed by atoms with Crippen molar-refractivity contribution in [1.82, 2.24) is 15.5 Å². The highest BCUT2D eigenvalue weighted by atomic mass is 32.2. The fourth-order valence-corrected chi connectivity index (χ4v) is 2.92. The highest BCUT2D eigenvalue weighted by Gasteiger charge is 2.14. The van der Waals surface area contributed by atoms with Crippen LogP contribution in [-0.4, -0.2) is 37.5 Å². The minimum absolute atomic E-state index is 0.141. The summed E-state index contributed by atoms with van der Waals surface area (Å²) in [4.78, 5) is 0. The van der Waals surface area contributed by atoms with Crippen LogP contribution < -0.4 is 10.0 Å². The van der Waals surface area contributed by atoms with E-state index < -0.39 is 10.0 Å². The standard InChI is InChI=1S/C11H22N4O2S/c1-4-12-7-5-6-8-18(16,17)15-11-9(2)13-14-10(11)3/h12,15H,4-8H2,1-3H3,(H,13,14). The molecule has 6 nitrogen and oxygen atoms in total. The molecule has 0 aromatic carbocycles. The smallest absolute Gasteiger partial charge is 0.232 e. The van der Waals surface area contributed by atoms with Crippen LogP contribution in [0.5, 0.6) is 0 Å². The number of sulfonamides is 1. The maximum atomic E-state index is 11.9. The Balaban J connectivity index is 2.45. The maximum Gasteiger partial charge on any atom is 0.232 e. The number of anilines is 1. The van der Waals surface area contributed by atoms with E-state index in [1.165, 1.54) is 0 Å². The Kier molecular flexibility index (Phi) is 5.61. The van der Waals surface area contributed by atoms with E-state index in [2.05, 4.69) is 20.2 Å². The number of hydrogen-bond acceptors (Lipinski definition) is 4. The molecule has 0 saturated heterocycles. The van der Waals surface area contributed by atoms with Gasteiger partial charge in [0.25, 0.3) is 0 Å². The molecule has 0 aliphatic heterocycles. The summed E-state index contributed by atoms with van der Waals surface area (Å²) in [5.41, 5.74) is 1.98. The van der Waals surface area contributed by atoms with E-state index in [9.17, 15) is 8.42 Å². The van der Waals surface area contributed by atoms with E-state index in [4.69, 9.17) is 0 Å². The van der Waals surface area contributed by atoms with Crippen LogP contribution in [0.25, 0.3) is 0 Å². The lowest BCUT2D eigenvalue weighted by atomic mass is 10.3. The fourth-order valence-electron chi connectivity index (χ4n) is 1.63. The second-order valence-corrected chi connectivity index (χ2v) is 6.13. The zero-order valence-electron chi connectivity index (χ0n) is 11.2. The number of hydrogen-bond donors (Lipinski definition) is 3. The maximum absolute atomic E-state index is 11.9. The third kappa shape index (κ3) is 4.66. The average molecular weight is 274 g/mol. The van der Waals surface area contributed by atoms with E-state index in [-0.39, 0.29) is 5.75 Å². The Morgan fingerprint density at radius 1 is 1.28 bits per heavy atom. The van der Waals surface area contributed by atoms with E-state index in [0.717, 1.165) is 25.2 Å². The zero-order valence-corrected chi connectivity index (χ0v) is 12.0. The van der Waals surface area contributed by atoms with Gasteiger partial charge in [-0.3, -0.25) is 9.82 Å². The van der Waals surface area contributed by atoms with Gasteiger partial charge in [-0.05, 0) is 39.8 Å². The number of aromatic nitrogens is 2. The molecule has 1 aromatic rings. The van der Waals surface area contributed by atoms with Gasteiger partial charge in [-0.1, -0.05) is 6.92 Å². The third-order valence-electron chi connectivity index (χ3n) is 2.65. The Hall–Kier alpha value is -1.08. The number of nitrogens with zero attached hydrogens (tertiary/aromatic N) is 1. The minimum atomic E-state index is -3.27. The van der Waals surface area contributed by atoms with E-state index in [1.807, 2.05) is 6.92 Å². The molecule has 3 N–H and O–H groups in total. The summed E-state index contributed by atoms with van der Waals surface area (Å²) in [5, 5.41) is 9.88. The summed E-state index contributed by atoms with van der Waals surface area (Å²) in [6.07, 6.45) is 1.51. The first kappa shape index (κ1) is 15.0. The first-order valence-electron chi connectivity index (χ1n) is 6.19. The Bertz CT molecular complexity index is 448. The van der Waals surface area contributed by atoms with Crippen LogP contribution in [0.2, 0.25) is 0 Å². The van der Waals surface area contributed by atoms with Gasteiger partial charge in [0.1, 0.15) is 0 Å². The van der Waals surface area contributed by atoms with Crippen LogP contribution in [0.3, 0.4) is 0 Å². The van der Waals surface area contributed by atoms with Gasteiger partial charge in [0.15, 0.2) is 0 Å². The highest BCUT2D eigenvalue weighted by molar-refractivity contribution is 7.92. The molecule has 0 amide bonds. The lowest BCUT2D eigenvalue weighted by Gasteiger charge is -2.08. The molecule has 0 atom stereocenters. The molecule has 0 bridgehead atoms.